The SMILES string of the molecule is CCCCCCOc1c(F)c(F)c(-c2c(F)c(F)c(OCCCCCCCCCCC(OCC)OCC)c(F)c2F)c(F)c1F. The normalized spacial score (nSPS) is 11.6. The zero-order valence-corrected chi connectivity index (χ0v) is 26.3. The first-order valence-electron chi connectivity index (χ1n) is 15.8. The van der Waals surface area contributed by atoms with Gasteiger partial charge in [0.15, 0.2) is 41.1 Å². The minimum atomic E-state index is -2.26. The van der Waals surface area contributed by atoms with Gasteiger partial charge >= 0.3 is 0 Å². The minimum absolute atomic E-state index is 0.183. The van der Waals surface area contributed by atoms with Crippen LogP contribution in [0.5, 0.6) is 11.5 Å². The number of rotatable bonds is 23. The highest BCUT2D eigenvalue weighted by Crippen LogP contribution is 2.41. The first kappa shape index (κ1) is 38.6. The predicted molar refractivity (Wildman–Crippen MR) is 155 cm³/mol. The maximum Gasteiger partial charge on any atom is 0.204 e. The lowest BCUT2D eigenvalue weighted by molar-refractivity contribution is -0.140. The standard InChI is InChI=1S/C33H44F8O4/c1-4-7-8-16-19-44-32-28(38)24(34)22(25(35)29(32)39)23-26(36)30(40)33(31(41)27(23)37)45-20-17-14-12-10-9-11-13-15-18-21(42-5-2)43-6-3/h21H,4-20H2,1-3H3. The first-order chi connectivity index (χ1) is 21.6. The monoisotopic (exact) mass is 656 g/mol. The average molecular weight is 657 g/mol. The zero-order chi connectivity index (χ0) is 33.4. The zero-order valence-electron chi connectivity index (χ0n) is 26.3. The lowest BCUT2D eigenvalue weighted by Gasteiger charge is -2.16. The van der Waals surface area contributed by atoms with Gasteiger partial charge < -0.3 is 18.9 Å². The lowest BCUT2D eigenvalue weighted by atomic mass is 10.0. The van der Waals surface area contributed by atoms with E-state index < -0.39 is 69.2 Å². The van der Waals surface area contributed by atoms with Gasteiger partial charge in [-0.1, -0.05) is 64.7 Å². The molecular weight excluding hydrogens is 612 g/mol. The Bertz CT molecular complexity index is 1130. The highest BCUT2D eigenvalue weighted by atomic mass is 19.2. The Kier molecular flexibility index (Phi) is 17.6. The molecule has 0 aliphatic carbocycles. The summed E-state index contributed by atoms with van der Waals surface area (Å²) in [6, 6.07) is 0. The van der Waals surface area contributed by atoms with Crippen molar-refractivity contribution in [1.82, 2.24) is 0 Å². The summed E-state index contributed by atoms with van der Waals surface area (Å²) < 4.78 is 139. The van der Waals surface area contributed by atoms with Gasteiger partial charge in [0, 0.05) is 13.2 Å². The predicted octanol–water partition coefficient (Wildman–Crippen LogP) is 10.7. The smallest absolute Gasteiger partial charge is 0.204 e. The number of unbranched alkanes of at least 4 members (excludes halogenated alkanes) is 10. The number of benzene rings is 2. The van der Waals surface area contributed by atoms with Gasteiger partial charge in [-0.3, -0.25) is 0 Å². The maximum absolute atomic E-state index is 14.9. The van der Waals surface area contributed by atoms with E-state index in [1.54, 1.807) is 0 Å². The van der Waals surface area contributed by atoms with E-state index in [4.69, 9.17) is 18.9 Å². The van der Waals surface area contributed by atoms with Crippen LogP contribution in [0.3, 0.4) is 0 Å². The van der Waals surface area contributed by atoms with Gasteiger partial charge in [-0.25, -0.2) is 17.6 Å². The molecule has 0 amide bonds. The lowest BCUT2D eigenvalue weighted by Crippen LogP contribution is -2.17. The topological polar surface area (TPSA) is 36.9 Å². The molecule has 4 nitrogen and oxygen atoms in total. The summed E-state index contributed by atoms with van der Waals surface area (Å²) in [5.41, 5.74) is -3.88. The van der Waals surface area contributed by atoms with E-state index in [1.165, 1.54) is 0 Å². The first-order valence-corrected chi connectivity index (χ1v) is 15.8. The van der Waals surface area contributed by atoms with Crippen LogP contribution in [-0.4, -0.2) is 32.7 Å². The van der Waals surface area contributed by atoms with Crippen molar-refractivity contribution in [2.24, 2.45) is 0 Å². The Balaban J connectivity index is 1.95. The summed E-state index contributed by atoms with van der Waals surface area (Å²) in [5.74, 6) is -20.3. The van der Waals surface area contributed by atoms with Crippen LogP contribution in [0.15, 0.2) is 0 Å². The van der Waals surface area contributed by atoms with Crippen molar-refractivity contribution in [1.29, 1.82) is 0 Å². The molecule has 0 aliphatic heterocycles. The van der Waals surface area contributed by atoms with Gasteiger partial charge in [-0.2, -0.15) is 17.6 Å². The fourth-order valence-electron chi connectivity index (χ4n) is 4.85. The number of halogens is 8. The molecule has 0 fully saturated rings. The number of hydrogen-bond donors (Lipinski definition) is 0. The van der Waals surface area contributed by atoms with Gasteiger partial charge in [0.2, 0.25) is 23.3 Å². The van der Waals surface area contributed by atoms with E-state index >= 15 is 0 Å². The van der Waals surface area contributed by atoms with Crippen LogP contribution < -0.4 is 9.47 Å². The number of ether oxygens (including phenoxy) is 4. The molecule has 45 heavy (non-hydrogen) atoms. The summed E-state index contributed by atoms with van der Waals surface area (Å²) in [4.78, 5) is 0. The van der Waals surface area contributed by atoms with Crippen molar-refractivity contribution < 1.29 is 54.1 Å². The quantitative estimate of drug-likeness (QED) is 0.0516. The molecule has 2 aromatic rings. The van der Waals surface area contributed by atoms with E-state index in [0.717, 1.165) is 57.8 Å². The van der Waals surface area contributed by atoms with Gasteiger partial charge in [0.1, 0.15) is 0 Å². The van der Waals surface area contributed by atoms with Gasteiger partial charge in [0.05, 0.1) is 24.3 Å². The highest BCUT2D eigenvalue weighted by Gasteiger charge is 2.35. The molecule has 0 atom stereocenters. The van der Waals surface area contributed by atoms with Crippen LogP contribution in [0.25, 0.3) is 11.1 Å². The second-order valence-electron chi connectivity index (χ2n) is 10.6. The summed E-state index contributed by atoms with van der Waals surface area (Å²) >= 11 is 0. The molecule has 0 bridgehead atoms. The van der Waals surface area contributed by atoms with Crippen molar-refractivity contribution in [3.05, 3.63) is 46.5 Å². The molecule has 0 heterocycles. The summed E-state index contributed by atoms with van der Waals surface area (Å²) in [7, 11) is 0. The minimum Gasteiger partial charge on any atom is -0.487 e. The molecular formula is C33H44F8O4. The second kappa shape index (κ2) is 20.5. The molecule has 0 aromatic heterocycles. The number of hydrogen-bond acceptors (Lipinski definition) is 4. The summed E-state index contributed by atoms with van der Waals surface area (Å²) in [6.07, 6.45) is 9.87. The van der Waals surface area contributed by atoms with Crippen LogP contribution in [0.2, 0.25) is 0 Å². The van der Waals surface area contributed by atoms with Crippen molar-refractivity contribution in [3.63, 3.8) is 0 Å². The maximum atomic E-state index is 14.9. The van der Waals surface area contributed by atoms with E-state index in [0.29, 0.717) is 38.9 Å². The van der Waals surface area contributed by atoms with E-state index in [-0.39, 0.29) is 19.5 Å². The fourth-order valence-corrected chi connectivity index (χ4v) is 4.85. The van der Waals surface area contributed by atoms with Gasteiger partial charge in [-0.15, -0.1) is 0 Å². The van der Waals surface area contributed by atoms with Crippen molar-refractivity contribution in [2.75, 3.05) is 26.4 Å². The molecule has 12 heteroatoms. The molecule has 0 aliphatic rings. The van der Waals surface area contributed by atoms with E-state index in [2.05, 4.69) is 0 Å². The molecule has 256 valence electrons. The molecule has 0 N–H and O–H groups in total. The van der Waals surface area contributed by atoms with Crippen LogP contribution in [0.4, 0.5) is 35.1 Å². The van der Waals surface area contributed by atoms with Gasteiger partial charge in [-0.05, 0) is 39.5 Å². The van der Waals surface area contributed by atoms with Crippen LogP contribution in [0.1, 0.15) is 104 Å². The Morgan fingerprint density at radius 1 is 0.422 bits per heavy atom. The van der Waals surface area contributed by atoms with Gasteiger partial charge in [0.25, 0.3) is 0 Å². The third-order valence-electron chi connectivity index (χ3n) is 7.23. The Labute approximate surface area is 260 Å². The summed E-state index contributed by atoms with van der Waals surface area (Å²) in [5, 5.41) is 0. The average Bonchev–Trinajstić information content (AvgIpc) is 3.02. The van der Waals surface area contributed by atoms with Crippen molar-refractivity contribution >= 4 is 0 Å². The van der Waals surface area contributed by atoms with Crippen LogP contribution in [0, 0.1) is 46.5 Å². The Morgan fingerprint density at radius 3 is 1.11 bits per heavy atom. The Hall–Kier alpha value is -2.60. The molecule has 0 unspecified atom stereocenters. The molecule has 2 aromatic carbocycles. The van der Waals surface area contributed by atoms with Crippen molar-refractivity contribution in [2.45, 2.75) is 111 Å². The molecule has 0 saturated heterocycles. The largest absolute Gasteiger partial charge is 0.487 e. The Morgan fingerprint density at radius 2 is 0.756 bits per heavy atom. The third kappa shape index (κ3) is 11.0. The highest BCUT2D eigenvalue weighted by molar-refractivity contribution is 5.69. The third-order valence-corrected chi connectivity index (χ3v) is 7.23. The second-order valence-corrected chi connectivity index (χ2v) is 10.6. The van der Waals surface area contributed by atoms with E-state index in [1.807, 2.05) is 20.8 Å². The molecule has 0 saturated carbocycles. The molecule has 0 spiro atoms. The fraction of sp³-hybridized carbons (Fsp3) is 0.636. The van der Waals surface area contributed by atoms with Crippen LogP contribution >= 0.6 is 0 Å². The molecule has 0 radical (unpaired) electrons. The summed E-state index contributed by atoms with van der Waals surface area (Å²) in [6.45, 7) is 6.36. The van der Waals surface area contributed by atoms with E-state index in [9.17, 15) is 35.1 Å². The van der Waals surface area contributed by atoms with Crippen LogP contribution in [-0.2, 0) is 9.47 Å². The van der Waals surface area contributed by atoms with Crippen molar-refractivity contribution in [3.8, 4) is 22.6 Å². The molecule has 2 rings (SSSR count).